The summed E-state index contributed by atoms with van der Waals surface area (Å²) in [6.07, 6.45) is 1.94. The van der Waals surface area contributed by atoms with Gasteiger partial charge in [-0.2, -0.15) is 0 Å². The van der Waals surface area contributed by atoms with Gasteiger partial charge in [0.15, 0.2) is 9.84 Å². The lowest BCUT2D eigenvalue weighted by molar-refractivity contribution is 0.596. The van der Waals surface area contributed by atoms with Gasteiger partial charge in [-0.25, -0.2) is 8.42 Å². The van der Waals surface area contributed by atoms with Gasteiger partial charge in [0.1, 0.15) is 0 Å². The number of rotatable bonds is 6. The summed E-state index contributed by atoms with van der Waals surface area (Å²) >= 11 is 0. The zero-order valence-electron chi connectivity index (χ0n) is 13.2. The fourth-order valence-electron chi connectivity index (χ4n) is 2.28. The summed E-state index contributed by atoms with van der Waals surface area (Å²) in [5.41, 5.74) is 8.59. The van der Waals surface area contributed by atoms with E-state index in [1.54, 1.807) is 6.07 Å². The van der Waals surface area contributed by atoms with Crippen LogP contribution in [0.5, 0.6) is 0 Å². The quantitative estimate of drug-likeness (QED) is 0.847. The highest BCUT2D eigenvalue weighted by Crippen LogP contribution is 2.26. The van der Waals surface area contributed by atoms with E-state index in [2.05, 4.69) is 32.3 Å². The predicted octanol–water partition coefficient (Wildman–Crippen LogP) is 2.59. The van der Waals surface area contributed by atoms with Crippen molar-refractivity contribution in [2.24, 2.45) is 11.7 Å². The third kappa shape index (κ3) is 4.63. The number of nitrogens with two attached hydrogens (primary N) is 1. The molecule has 0 atom stereocenters. The molecule has 0 spiro atoms. The fraction of sp³-hybridized carbons (Fsp3) is 0.375. The van der Waals surface area contributed by atoms with Gasteiger partial charge in [0, 0.05) is 17.5 Å². The molecule has 0 aliphatic heterocycles. The molecule has 1 aromatic carbocycles. The Morgan fingerprint density at radius 1 is 1.33 bits per heavy atom. The van der Waals surface area contributed by atoms with E-state index in [1.807, 2.05) is 13.0 Å². The van der Waals surface area contributed by atoms with Crippen LogP contribution >= 0.6 is 0 Å². The Morgan fingerprint density at radius 2 is 1.90 bits per heavy atom. The van der Waals surface area contributed by atoms with Gasteiger partial charge in [-0.1, -0.05) is 33.1 Å². The van der Waals surface area contributed by atoms with Gasteiger partial charge in [-0.3, -0.25) is 0 Å². The molecule has 1 aromatic rings. The second-order valence-electron chi connectivity index (χ2n) is 5.77. The maximum Gasteiger partial charge on any atom is 0.175 e. The minimum atomic E-state index is -3.30. The van der Waals surface area contributed by atoms with Crippen LogP contribution in [0.4, 0.5) is 0 Å². The van der Waals surface area contributed by atoms with Crippen LogP contribution in [0.25, 0.3) is 5.70 Å². The lowest BCUT2D eigenvalue weighted by atomic mass is 9.97. The Morgan fingerprint density at radius 3 is 2.33 bits per heavy atom. The number of benzene rings is 1. The van der Waals surface area contributed by atoms with E-state index >= 15 is 0 Å². The van der Waals surface area contributed by atoms with Crippen LogP contribution in [0.2, 0.25) is 0 Å². The molecule has 21 heavy (non-hydrogen) atoms. The summed E-state index contributed by atoms with van der Waals surface area (Å²) in [6.45, 7) is 13.5. The van der Waals surface area contributed by atoms with E-state index in [4.69, 9.17) is 5.73 Å². The Kier molecular flexibility index (Phi) is 5.23. The van der Waals surface area contributed by atoms with Gasteiger partial charge in [-0.05, 0) is 36.5 Å². The third-order valence-electron chi connectivity index (χ3n) is 3.07. The van der Waals surface area contributed by atoms with Gasteiger partial charge < -0.3 is 11.1 Å². The summed E-state index contributed by atoms with van der Waals surface area (Å²) in [4.78, 5) is 0.349. The molecule has 0 aromatic heterocycles. The summed E-state index contributed by atoms with van der Waals surface area (Å²) in [7, 11) is -3.30. The van der Waals surface area contributed by atoms with Crippen LogP contribution in [0, 0.1) is 12.8 Å². The number of hydrogen-bond acceptors (Lipinski definition) is 4. The summed E-state index contributed by atoms with van der Waals surface area (Å²) < 4.78 is 24.1. The second-order valence-corrected chi connectivity index (χ2v) is 7.76. The van der Waals surface area contributed by atoms with Gasteiger partial charge >= 0.3 is 0 Å². The van der Waals surface area contributed by atoms with Crippen molar-refractivity contribution in [3.8, 4) is 0 Å². The average molecular weight is 308 g/mol. The molecule has 0 aliphatic carbocycles. The first-order valence-electron chi connectivity index (χ1n) is 6.76. The molecule has 0 saturated heterocycles. The molecule has 0 unspecified atom stereocenters. The highest BCUT2D eigenvalue weighted by molar-refractivity contribution is 7.90. The van der Waals surface area contributed by atoms with E-state index in [9.17, 15) is 8.42 Å². The van der Waals surface area contributed by atoms with Gasteiger partial charge in [0.05, 0.1) is 10.7 Å². The maximum atomic E-state index is 12.1. The second kappa shape index (κ2) is 6.35. The fourth-order valence-corrected chi connectivity index (χ4v) is 3.23. The SMILES string of the molecule is C=C(N)NC(=C)c1cc(S(C)(=O)=O)c(CC(C)C)cc1C. The van der Waals surface area contributed by atoms with Crippen molar-refractivity contribution in [3.05, 3.63) is 47.8 Å². The van der Waals surface area contributed by atoms with E-state index in [1.165, 1.54) is 6.26 Å². The van der Waals surface area contributed by atoms with Crippen LogP contribution in [-0.4, -0.2) is 14.7 Å². The first kappa shape index (κ1) is 17.3. The van der Waals surface area contributed by atoms with Gasteiger partial charge in [-0.15, -0.1) is 0 Å². The lowest BCUT2D eigenvalue weighted by Crippen LogP contribution is -2.18. The molecule has 0 saturated carbocycles. The van der Waals surface area contributed by atoms with Crippen molar-refractivity contribution in [2.45, 2.75) is 32.1 Å². The smallest absolute Gasteiger partial charge is 0.175 e. The Hall–Kier alpha value is -1.75. The molecule has 1 rings (SSSR count). The Labute approximate surface area is 127 Å². The molecule has 3 N–H and O–H groups in total. The Bertz CT molecular complexity index is 674. The maximum absolute atomic E-state index is 12.1. The number of sulfone groups is 1. The molecule has 0 bridgehead atoms. The predicted molar refractivity (Wildman–Crippen MR) is 88.3 cm³/mol. The van der Waals surface area contributed by atoms with Crippen LogP contribution in [0.15, 0.2) is 36.0 Å². The first-order valence-corrected chi connectivity index (χ1v) is 8.65. The minimum absolute atomic E-state index is 0.270. The molecular formula is C16H24N2O2S. The van der Waals surface area contributed by atoms with Crippen molar-refractivity contribution in [2.75, 3.05) is 6.26 Å². The van der Waals surface area contributed by atoms with Crippen molar-refractivity contribution in [1.29, 1.82) is 0 Å². The van der Waals surface area contributed by atoms with Crippen LogP contribution in [-0.2, 0) is 16.3 Å². The average Bonchev–Trinajstić information content (AvgIpc) is 2.24. The summed E-state index contributed by atoms with van der Waals surface area (Å²) in [5, 5.41) is 2.83. The topological polar surface area (TPSA) is 72.2 Å². The molecule has 5 heteroatoms. The highest BCUT2D eigenvalue weighted by Gasteiger charge is 2.18. The van der Waals surface area contributed by atoms with Crippen molar-refractivity contribution in [3.63, 3.8) is 0 Å². The zero-order chi connectivity index (χ0) is 16.4. The summed E-state index contributed by atoms with van der Waals surface area (Å²) in [6, 6.07) is 3.58. The standard InChI is InChI=1S/C16H24N2O2S/c1-10(2)7-14-8-11(3)15(12(4)18-13(5)17)9-16(14)21(6,19)20/h8-10,18H,4-5,7,17H2,1-3,6H3. The number of nitrogens with one attached hydrogen (secondary N) is 1. The summed E-state index contributed by atoms with van der Waals surface area (Å²) in [5.74, 6) is 0.646. The van der Waals surface area contributed by atoms with Crippen LogP contribution in [0.3, 0.4) is 0 Å². The van der Waals surface area contributed by atoms with E-state index in [0.29, 0.717) is 22.9 Å². The molecule has 4 nitrogen and oxygen atoms in total. The largest absolute Gasteiger partial charge is 0.386 e. The molecule has 0 aliphatic rings. The van der Waals surface area contributed by atoms with Gasteiger partial charge in [0.25, 0.3) is 0 Å². The third-order valence-corrected chi connectivity index (χ3v) is 4.25. The monoisotopic (exact) mass is 308 g/mol. The highest BCUT2D eigenvalue weighted by atomic mass is 32.2. The van der Waals surface area contributed by atoms with E-state index in [-0.39, 0.29) is 5.82 Å². The molecule has 0 heterocycles. The molecule has 0 radical (unpaired) electrons. The molecule has 0 fully saturated rings. The number of hydrogen-bond donors (Lipinski definition) is 2. The molecular weight excluding hydrogens is 284 g/mol. The normalized spacial score (nSPS) is 11.5. The number of aryl methyl sites for hydroxylation is 1. The molecule has 0 amide bonds. The van der Waals surface area contributed by atoms with Crippen LogP contribution in [0.1, 0.15) is 30.5 Å². The lowest BCUT2D eigenvalue weighted by Gasteiger charge is -2.17. The minimum Gasteiger partial charge on any atom is -0.386 e. The Balaban J connectivity index is 3.44. The van der Waals surface area contributed by atoms with Crippen LogP contribution < -0.4 is 11.1 Å². The van der Waals surface area contributed by atoms with Crippen molar-refractivity contribution < 1.29 is 8.42 Å². The molecule has 116 valence electrons. The van der Waals surface area contributed by atoms with Crippen molar-refractivity contribution in [1.82, 2.24) is 5.32 Å². The zero-order valence-corrected chi connectivity index (χ0v) is 14.0. The van der Waals surface area contributed by atoms with E-state index < -0.39 is 9.84 Å². The van der Waals surface area contributed by atoms with E-state index in [0.717, 1.165) is 16.7 Å². The van der Waals surface area contributed by atoms with Gasteiger partial charge in [0.2, 0.25) is 0 Å². The first-order chi connectivity index (χ1) is 9.52. The van der Waals surface area contributed by atoms with Crippen molar-refractivity contribution >= 4 is 15.5 Å².